The van der Waals surface area contributed by atoms with Crippen LogP contribution in [0.3, 0.4) is 0 Å². The first-order valence-corrected chi connectivity index (χ1v) is 8.06. The summed E-state index contributed by atoms with van der Waals surface area (Å²) in [6, 6.07) is 4.48. The minimum atomic E-state index is -0.885. The molecule has 27 heavy (non-hydrogen) atoms. The molecule has 2 aromatic rings. The molecule has 1 aromatic carbocycles. The summed E-state index contributed by atoms with van der Waals surface area (Å²) in [5, 5.41) is 10.4. The maximum atomic E-state index is 12.4. The van der Waals surface area contributed by atoms with Crippen LogP contribution in [0.1, 0.15) is 29.2 Å². The molecule has 1 N–H and O–H groups in total. The fourth-order valence-corrected chi connectivity index (χ4v) is 2.87. The van der Waals surface area contributed by atoms with Crippen molar-refractivity contribution in [3.8, 4) is 23.0 Å². The molecule has 8 nitrogen and oxygen atoms in total. The number of rotatable bonds is 7. The lowest BCUT2D eigenvalue weighted by molar-refractivity contribution is -0.140. The van der Waals surface area contributed by atoms with Gasteiger partial charge in [-0.3, -0.25) is 4.79 Å². The van der Waals surface area contributed by atoms with Gasteiger partial charge in [0.05, 0.1) is 40.4 Å². The molecule has 0 amide bonds. The monoisotopic (exact) mass is 378 g/mol. The molecule has 0 saturated carbocycles. The third-order valence-electron chi connectivity index (χ3n) is 4.15. The van der Waals surface area contributed by atoms with Crippen LogP contribution in [0.5, 0.6) is 23.0 Å². The number of hydrogen-bond donors (Lipinski definition) is 1. The Kier molecular flexibility index (Phi) is 6.33. The molecule has 0 bridgehead atoms. The van der Waals surface area contributed by atoms with Crippen molar-refractivity contribution < 1.29 is 33.3 Å². The largest absolute Gasteiger partial charge is 0.507 e. The minimum absolute atomic E-state index is 0.0727. The van der Waals surface area contributed by atoms with Gasteiger partial charge in [-0.2, -0.15) is 0 Å². The first-order valence-electron chi connectivity index (χ1n) is 8.06. The van der Waals surface area contributed by atoms with Gasteiger partial charge in [0.25, 0.3) is 0 Å². The summed E-state index contributed by atoms with van der Waals surface area (Å²) in [5.74, 6) is -0.359. The Morgan fingerprint density at radius 2 is 1.63 bits per heavy atom. The van der Waals surface area contributed by atoms with Gasteiger partial charge in [-0.1, -0.05) is 0 Å². The first-order chi connectivity index (χ1) is 12.9. The molecule has 8 heteroatoms. The van der Waals surface area contributed by atoms with E-state index in [1.807, 2.05) is 0 Å². The van der Waals surface area contributed by atoms with E-state index < -0.39 is 17.5 Å². The lowest BCUT2D eigenvalue weighted by atomic mass is 9.87. The van der Waals surface area contributed by atoms with Crippen molar-refractivity contribution in [3.63, 3.8) is 0 Å². The highest BCUT2D eigenvalue weighted by Crippen LogP contribution is 2.42. The van der Waals surface area contributed by atoms with Crippen molar-refractivity contribution in [2.24, 2.45) is 0 Å². The maximum Gasteiger partial charge on any atom is 0.343 e. The molecule has 0 radical (unpaired) electrons. The van der Waals surface area contributed by atoms with Gasteiger partial charge in [0.15, 0.2) is 11.5 Å². The van der Waals surface area contributed by atoms with E-state index in [4.69, 9.17) is 23.4 Å². The number of benzene rings is 1. The van der Waals surface area contributed by atoms with E-state index >= 15 is 0 Å². The van der Waals surface area contributed by atoms with Gasteiger partial charge >= 0.3 is 11.6 Å². The topological polar surface area (TPSA) is 104 Å². The molecule has 1 atom stereocenters. The molecule has 0 unspecified atom stereocenters. The van der Waals surface area contributed by atoms with E-state index in [-0.39, 0.29) is 23.5 Å². The number of methoxy groups -OCH3 is 4. The van der Waals surface area contributed by atoms with Gasteiger partial charge in [0, 0.05) is 23.6 Å². The molecule has 0 fully saturated rings. The second kappa shape index (κ2) is 8.48. The van der Waals surface area contributed by atoms with E-state index in [1.54, 1.807) is 12.1 Å². The second-order valence-corrected chi connectivity index (χ2v) is 5.73. The minimum Gasteiger partial charge on any atom is -0.507 e. The van der Waals surface area contributed by atoms with E-state index in [9.17, 15) is 14.7 Å². The van der Waals surface area contributed by atoms with Crippen LogP contribution in [0.4, 0.5) is 0 Å². The molecule has 0 aliphatic rings. The van der Waals surface area contributed by atoms with Crippen LogP contribution < -0.4 is 19.8 Å². The van der Waals surface area contributed by atoms with Gasteiger partial charge in [-0.15, -0.1) is 0 Å². The van der Waals surface area contributed by atoms with Gasteiger partial charge in [0.2, 0.25) is 0 Å². The average Bonchev–Trinajstić information content (AvgIpc) is 2.64. The zero-order chi connectivity index (χ0) is 20.1. The second-order valence-electron chi connectivity index (χ2n) is 5.73. The molecule has 146 valence electrons. The quantitative estimate of drug-likeness (QED) is 0.732. The predicted molar refractivity (Wildman–Crippen MR) is 96.0 cm³/mol. The summed E-state index contributed by atoms with van der Waals surface area (Å²) in [5.41, 5.74) is -0.387. The molecule has 1 heterocycles. The lowest BCUT2D eigenvalue weighted by Gasteiger charge is -2.21. The van der Waals surface area contributed by atoms with Gasteiger partial charge in [-0.05, 0) is 13.0 Å². The fraction of sp³-hybridized carbons (Fsp3) is 0.368. The third-order valence-corrected chi connectivity index (χ3v) is 4.15. The normalized spacial score (nSPS) is 11.6. The maximum absolute atomic E-state index is 12.4. The Morgan fingerprint density at radius 3 is 2.15 bits per heavy atom. The highest BCUT2D eigenvalue weighted by Gasteiger charge is 2.30. The summed E-state index contributed by atoms with van der Waals surface area (Å²) in [7, 11) is 5.62. The molecule has 0 saturated heterocycles. The van der Waals surface area contributed by atoms with Crippen LogP contribution in [0, 0.1) is 6.92 Å². The summed E-state index contributed by atoms with van der Waals surface area (Å²) in [4.78, 5) is 24.4. The van der Waals surface area contributed by atoms with Crippen LogP contribution in [0.25, 0.3) is 0 Å². The summed E-state index contributed by atoms with van der Waals surface area (Å²) >= 11 is 0. The zero-order valence-electron chi connectivity index (χ0n) is 15.8. The molecule has 2 rings (SSSR count). The number of ether oxygens (including phenoxy) is 4. The van der Waals surface area contributed by atoms with Gasteiger partial charge in [-0.25, -0.2) is 4.79 Å². The number of carbonyl (C=O) groups is 1. The van der Waals surface area contributed by atoms with E-state index in [2.05, 4.69) is 0 Å². The number of aryl methyl sites for hydroxylation is 1. The Bertz CT molecular complexity index is 884. The fourth-order valence-electron chi connectivity index (χ4n) is 2.87. The Balaban J connectivity index is 2.76. The van der Waals surface area contributed by atoms with Crippen LogP contribution in [0.2, 0.25) is 0 Å². The van der Waals surface area contributed by atoms with Gasteiger partial charge < -0.3 is 28.5 Å². The van der Waals surface area contributed by atoms with Crippen molar-refractivity contribution in [3.05, 3.63) is 45.5 Å². The Morgan fingerprint density at radius 1 is 1.04 bits per heavy atom. The van der Waals surface area contributed by atoms with Crippen molar-refractivity contribution in [1.29, 1.82) is 0 Å². The SMILES string of the molecule is COC(=O)C[C@@H](c1cc(OC)c(OC)cc1OC)c1c(O)cc(C)oc1=O. The molecular formula is C19H22O8. The summed E-state index contributed by atoms with van der Waals surface area (Å²) < 4.78 is 25.8. The lowest BCUT2D eigenvalue weighted by Crippen LogP contribution is -2.19. The van der Waals surface area contributed by atoms with Crippen molar-refractivity contribution >= 4 is 5.97 Å². The zero-order valence-corrected chi connectivity index (χ0v) is 15.8. The number of aromatic hydroxyl groups is 1. The van der Waals surface area contributed by atoms with Crippen LogP contribution in [-0.2, 0) is 9.53 Å². The van der Waals surface area contributed by atoms with E-state index in [0.717, 1.165) is 0 Å². The molecule has 0 aliphatic carbocycles. The number of esters is 1. The number of hydrogen-bond acceptors (Lipinski definition) is 8. The third kappa shape index (κ3) is 4.16. The Hall–Kier alpha value is -3.16. The number of carbonyl (C=O) groups excluding carboxylic acids is 1. The molecule has 0 spiro atoms. The molecule has 0 aliphatic heterocycles. The summed E-state index contributed by atoms with van der Waals surface area (Å²) in [6.07, 6.45) is -0.219. The first kappa shape index (κ1) is 20.2. The van der Waals surface area contributed by atoms with Crippen LogP contribution >= 0.6 is 0 Å². The summed E-state index contributed by atoms with van der Waals surface area (Å²) in [6.45, 7) is 1.54. The predicted octanol–water partition coefficient (Wildman–Crippen LogP) is 2.37. The standard InChI is InChI=1S/C19H22O8/c1-10-6-13(20)18(19(22)27-10)12(8-17(21)26-5)11-7-15(24-3)16(25-4)9-14(11)23-2/h6-7,9,12,20H,8H2,1-5H3/t12-/m0/s1. The average molecular weight is 378 g/mol. The Labute approximate surface area is 156 Å². The smallest absolute Gasteiger partial charge is 0.343 e. The highest BCUT2D eigenvalue weighted by molar-refractivity contribution is 5.72. The van der Waals surface area contributed by atoms with Crippen molar-refractivity contribution in [2.75, 3.05) is 28.4 Å². The van der Waals surface area contributed by atoms with Crippen molar-refractivity contribution in [1.82, 2.24) is 0 Å². The van der Waals surface area contributed by atoms with Gasteiger partial charge in [0.1, 0.15) is 17.3 Å². The van der Waals surface area contributed by atoms with E-state index in [0.29, 0.717) is 22.8 Å². The molecule has 1 aromatic heterocycles. The molecular weight excluding hydrogens is 356 g/mol. The van der Waals surface area contributed by atoms with Crippen LogP contribution in [0.15, 0.2) is 27.4 Å². The van der Waals surface area contributed by atoms with E-state index in [1.165, 1.54) is 41.4 Å². The highest BCUT2D eigenvalue weighted by atomic mass is 16.5. The van der Waals surface area contributed by atoms with Crippen LogP contribution in [-0.4, -0.2) is 39.5 Å². The van der Waals surface area contributed by atoms with Crippen molar-refractivity contribution in [2.45, 2.75) is 19.3 Å².